The first kappa shape index (κ1) is 18.9. The summed E-state index contributed by atoms with van der Waals surface area (Å²) >= 11 is 1.19. The van der Waals surface area contributed by atoms with Crippen LogP contribution in [0.5, 0.6) is 5.75 Å². The first-order chi connectivity index (χ1) is 12.0. The molecule has 0 aliphatic carbocycles. The van der Waals surface area contributed by atoms with Crippen LogP contribution in [0.1, 0.15) is 47.6 Å². The highest BCUT2D eigenvalue weighted by atomic mass is 32.1. The number of carbonyl (C=O) groups is 2. The average Bonchev–Trinajstić information content (AvgIpc) is 2.95. The number of ketones is 1. The standard InChI is InChI=1S/C19H22N2O3S/c1-4-5-12-24-16-9-6-15(7-10-16)8-11-17(23)21-19-20-13(2)18(25-19)14(3)22/h6-11H,4-5,12H2,1-3H3,(H,20,21,23)/b11-8+. The van der Waals surface area contributed by atoms with E-state index in [0.717, 1.165) is 24.2 Å². The lowest BCUT2D eigenvalue weighted by atomic mass is 10.2. The van der Waals surface area contributed by atoms with Crippen LogP contribution < -0.4 is 10.1 Å². The third-order valence-corrected chi connectivity index (χ3v) is 4.59. The Bertz CT molecular complexity index is 763. The molecule has 25 heavy (non-hydrogen) atoms. The number of Topliss-reactive ketones (excluding diaryl/α,β-unsaturated/α-hetero) is 1. The van der Waals surface area contributed by atoms with Gasteiger partial charge in [0.25, 0.3) is 0 Å². The van der Waals surface area contributed by atoms with Gasteiger partial charge in [-0.1, -0.05) is 36.8 Å². The summed E-state index contributed by atoms with van der Waals surface area (Å²) in [5.74, 6) is 0.490. The Morgan fingerprint density at radius 3 is 2.60 bits per heavy atom. The van der Waals surface area contributed by atoms with Crippen molar-refractivity contribution in [3.8, 4) is 5.75 Å². The minimum absolute atomic E-state index is 0.0488. The Morgan fingerprint density at radius 2 is 2.00 bits per heavy atom. The Kier molecular flexibility index (Phi) is 6.89. The van der Waals surface area contributed by atoms with E-state index in [4.69, 9.17) is 4.74 Å². The molecule has 1 N–H and O–H groups in total. The Hall–Kier alpha value is -2.47. The number of aryl methyl sites for hydroxylation is 1. The van der Waals surface area contributed by atoms with Gasteiger partial charge in [0.1, 0.15) is 5.75 Å². The van der Waals surface area contributed by atoms with E-state index >= 15 is 0 Å². The summed E-state index contributed by atoms with van der Waals surface area (Å²) in [6.45, 7) is 6.07. The topological polar surface area (TPSA) is 68.3 Å². The number of anilines is 1. The van der Waals surface area contributed by atoms with Crippen molar-refractivity contribution < 1.29 is 14.3 Å². The van der Waals surface area contributed by atoms with Gasteiger partial charge in [-0.15, -0.1) is 0 Å². The zero-order valence-corrected chi connectivity index (χ0v) is 15.5. The number of hydrogen-bond donors (Lipinski definition) is 1. The number of ether oxygens (including phenoxy) is 1. The first-order valence-corrected chi connectivity index (χ1v) is 9.01. The second-order valence-corrected chi connectivity index (χ2v) is 6.58. The molecular weight excluding hydrogens is 336 g/mol. The van der Waals surface area contributed by atoms with Crippen molar-refractivity contribution in [2.75, 3.05) is 11.9 Å². The molecule has 0 fully saturated rings. The maximum atomic E-state index is 12.0. The van der Waals surface area contributed by atoms with Gasteiger partial charge in [0, 0.05) is 13.0 Å². The SMILES string of the molecule is CCCCOc1ccc(/C=C/C(=O)Nc2nc(C)c(C(C)=O)s2)cc1. The summed E-state index contributed by atoms with van der Waals surface area (Å²) in [6.07, 6.45) is 5.29. The lowest BCUT2D eigenvalue weighted by Gasteiger charge is -2.05. The van der Waals surface area contributed by atoms with E-state index in [1.165, 1.54) is 24.3 Å². The van der Waals surface area contributed by atoms with Gasteiger partial charge < -0.3 is 4.74 Å². The number of hydrogen-bond acceptors (Lipinski definition) is 5. The van der Waals surface area contributed by atoms with E-state index in [0.29, 0.717) is 22.3 Å². The van der Waals surface area contributed by atoms with Crippen LogP contribution in [0.2, 0.25) is 0 Å². The molecule has 1 amide bonds. The number of thiazole rings is 1. The van der Waals surface area contributed by atoms with Gasteiger partial charge in [-0.3, -0.25) is 14.9 Å². The summed E-state index contributed by atoms with van der Waals surface area (Å²) in [4.78, 5) is 28.2. The predicted octanol–water partition coefficient (Wildman–Crippen LogP) is 4.48. The zero-order chi connectivity index (χ0) is 18.2. The molecule has 0 saturated heterocycles. The maximum absolute atomic E-state index is 12.0. The van der Waals surface area contributed by atoms with Crippen molar-refractivity contribution >= 4 is 34.2 Å². The van der Waals surface area contributed by atoms with E-state index in [2.05, 4.69) is 17.2 Å². The number of nitrogens with one attached hydrogen (secondary N) is 1. The van der Waals surface area contributed by atoms with Crippen LogP contribution in [0.4, 0.5) is 5.13 Å². The Labute approximate surface area is 151 Å². The number of benzene rings is 1. The summed E-state index contributed by atoms with van der Waals surface area (Å²) in [7, 11) is 0. The van der Waals surface area contributed by atoms with Crippen molar-refractivity contribution in [2.45, 2.75) is 33.6 Å². The molecule has 0 unspecified atom stereocenters. The first-order valence-electron chi connectivity index (χ1n) is 8.20. The molecule has 2 aromatic rings. The Balaban J connectivity index is 1.91. The van der Waals surface area contributed by atoms with Crippen LogP contribution >= 0.6 is 11.3 Å². The Morgan fingerprint density at radius 1 is 1.28 bits per heavy atom. The molecule has 0 saturated carbocycles. The fraction of sp³-hybridized carbons (Fsp3) is 0.316. The van der Waals surface area contributed by atoms with Crippen molar-refractivity contribution in [3.05, 3.63) is 46.5 Å². The van der Waals surface area contributed by atoms with Crippen LogP contribution in [0, 0.1) is 6.92 Å². The molecule has 0 aliphatic heterocycles. The minimum Gasteiger partial charge on any atom is -0.494 e. The van der Waals surface area contributed by atoms with Crippen LogP contribution in [0.3, 0.4) is 0 Å². The molecule has 5 nitrogen and oxygen atoms in total. The second-order valence-electron chi connectivity index (χ2n) is 5.58. The maximum Gasteiger partial charge on any atom is 0.250 e. The molecule has 6 heteroatoms. The number of unbranched alkanes of at least 4 members (excludes halogenated alkanes) is 1. The number of rotatable bonds is 8. The molecule has 1 aromatic heterocycles. The quantitative estimate of drug-likeness (QED) is 0.429. The van der Waals surface area contributed by atoms with E-state index in [1.54, 1.807) is 13.0 Å². The molecule has 0 spiro atoms. The lowest BCUT2D eigenvalue weighted by molar-refractivity contribution is -0.111. The van der Waals surface area contributed by atoms with Crippen LogP contribution in [0.25, 0.3) is 6.08 Å². The highest BCUT2D eigenvalue weighted by Crippen LogP contribution is 2.23. The third-order valence-electron chi connectivity index (χ3n) is 3.42. The van der Waals surface area contributed by atoms with Crippen LogP contribution in [-0.4, -0.2) is 23.3 Å². The van der Waals surface area contributed by atoms with Crippen molar-refractivity contribution in [1.82, 2.24) is 4.98 Å². The molecule has 0 atom stereocenters. The van der Waals surface area contributed by atoms with Gasteiger partial charge in [-0.25, -0.2) is 4.98 Å². The molecule has 0 bridgehead atoms. The zero-order valence-electron chi connectivity index (χ0n) is 14.7. The fourth-order valence-electron chi connectivity index (χ4n) is 2.11. The third kappa shape index (κ3) is 5.83. The van der Waals surface area contributed by atoms with Crippen LogP contribution in [0.15, 0.2) is 30.3 Å². The average molecular weight is 358 g/mol. The minimum atomic E-state index is -0.285. The molecule has 0 radical (unpaired) electrons. The monoisotopic (exact) mass is 358 g/mol. The largest absolute Gasteiger partial charge is 0.494 e. The van der Waals surface area contributed by atoms with Gasteiger partial charge in [-0.05, 0) is 37.1 Å². The van der Waals surface area contributed by atoms with Gasteiger partial charge >= 0.3 is 0 Å². The highest BCUT2D eigenvalue weighted by Gasteiger charge is 2.12. The smallest absolute Gasteiger partial charge is 0.250 e. The molecule has 0 aliphatic rings. The van der Waals surface area contributed by atoms with E-state index < -0.39 is 0 Å². The number of carbonyl (C=O) groups excluding carboxylic acids is 2. The van der Waals surface area contributed by atoms with Crippen molar-refractivity contribution in [3.63, 3.8) is 0 Å². The summed E-state index contributed by atoms with van der Waals surface area (Å²) in [5.41, 5.74) is 1.54. The number of nitrogens with zero attached hydrogens (tertiary/aromatic N) is 1. The second kappa shape index (κ2) is 9.13. The highest BCUT2D eigenvalue weighted by molar-refractivity contribution is 7.17. The van der Waals surface area contributed by atoms with Crippen molar-refractivity contribution in [2.24, 2.45) is 0 Å². The number of aromatic nitrogens is 1. The van der Waals surface area contributed by atoms with Gasteiger partial charge in [0.2, 0.25) is 5.91 Å². The molecule has 1 heterocycles. The van der Waals surface area contributed by atoms with Gasteiger partial charge in [0.05, 0.1) is 17.2 Å². The normalized spacial score (nSPS) is 10.8. The predicted molar refractivity (Wildman–Crippen MR) is 101 cm³/mol. The van der Waals surface area contributed by atoms with E-state index in [1.807, 2.05) is 24.3 Å². The van der Waals surface area contributed by atoms with E-state index in [9.17, 15) is 9.59 Å². The fourth-order valence-corrected chi connectivity index (χ4v) is 2.97. The lowest BCUT2D eigenvalue weighted by Crippen LogP contribution is -2.07. The van der Waals surface area contributed by atoms with Gasteiger partial charge in [0.15, 0.2) is 10.9 Å². The van der Waals surface area contributed by atoms with E-state index in [-0.39, 0.29) is 11.7 Å². The molecule has 132 valence electrons. The number of amides is 1. The molecular formula is C19H22N2O3S. The van der Waals surface area contributed by atoms with Crippen molar-refractivity contribution in [1.29, 1.82) is 0 Å². The molecule has 1 aromatic carbocycles. The summed E-state index contributed by atoms with van der Waals surface area (Å²) < 4.78 is 5.60. The summed E-state index contributed by atoms with van der Waals surface area (Å²) in [5, 5.41) is 3.11. The van der Waals surface area contributed by atoms with Crippen LogP contribution in [-0.2, 0) is 4.79 Å². The van der Waals surface area contributed by atoms with Gasteiger partial charge in [-0.2, -0.15) is 0 Å². The molecule has 2 rings (SSSR count). The summed E-state index contributed by atoms with van der Waals surface area (Å²) in [6, 6.07) is 7.56.